The van der Waals surface area contributed by atoms with E-state index in [1.807, 2.05) is 32.0 Å². The van der Waals surface area contributed by atoms with E-state index in [2.05, 4.69) is 26.2 Å². The van der Waals surface area contributed by atoms with Crippen molar-refractivity contribution in [2.45, 2.75) is 20.8 Å². The Balaban J connectivity index is 2.00. The maximum absolute atomic E-state index is 12.0. The van der Waals surface area contributed by atoms with Crippen molar-refractivity contribution in [1.29, 1.82) is 0 Å². The molecular formula is C16H21N5O2. The van der Waals surface area contributed by atoms with E-state index in [0.29, 0.717) is 24.5 Å². The second-order valence-corrected chi connectivity index (χ2v) is 6.14. The number of anilines is 1. The largest absolute Gasteiger partial charge is 0.350 e. The van der Waals surface area contributed by atoms with Crippen LogP contribution in [0.2, 0.25) is 0 Å². The highest BCUT2D eigenvalue weighted by Crippen LogP contribution is 2.16. The van der Waals surface area contributed by atoms with Crippen molar-refractivity contribution >= 4 is 29.0 Å². The average Bonchev–Trinajstić information content (AvgIpc) is 2.65. The molecule has 1 aromatic carbocycles. The predicted molar refractivity (Wildman–Crippen MR) is 90.8 cm³/mol. The highest BCUT2D eigenvalue weighted by Gasteiger charge is 2.26. The number of benzene rings is 1. The van der Waals surface area contributed by atoms with Gasteiger partial charge in [0.1, 0.15) is 5.71 Å². The molecule has 1 aromatic rings. The lowest BCUT2D eigenvalue weighted by molar-refractivity contribution is -0.114. The minimum atomic E-state index is -0.481. The summed E-state index contributed by atoms with van der Waals surface area (Å²) >= 11 is 0. The Hall–Kier alpha value is -2.70. The summed E-state index contributed by atoms with van der Waals surface area (Å²) < 4.78 is 0. The van der Waals surface area contributed by atoms with E-state index in [9.17, 15) is 9.59 Å². The highest BCUT2D eigenvalue weighted by atomic mass is 16.2. The Morgan fingerprint density at radius 3 is 2.70 bits per heavy atom. The molecule has 0 spiro atoms. The second-order valence-electron chi connectivity index (χ2n) is 6.14. The molecule has 1 aliphatic rings. The maximum atomic E-state index is 12.0. The Morgan fingerprint density at radius 1 is 1.30 bits per heavy atom. The van der Waals surface area contributed by atoms with E-state index >= 15 is 0 Å². The Bertz CT molecular complexity index is 650. The first-order valence-electron chi connectivity index (χ1n) is 7.37. The molecule has 7 heteroatoms. The van der Waals surface area contributed by atoms with E-state index < -0.39 is 6.03 Å². The van der Waals surface area contributed by atoms with Gasteiger partial charge in [0.05, 0.1) is 5.71 Å². The van der Waals surface area contributed by atoms with Gasteiger partial charge >= 0.3 is 6.03 Å². The van der Waals surface area contributed by atoms with Gasteiger partial charge in [0, 0.05) is 24.2 Å². The molecule has 0 aliphatic carbocycles. The summed E-state index contributed by atoms with van der Waals surface area (Å²) in [5.41, 5.74) is 3.53. The smallest absolute Gasteiger partial charge is 0.339 e. The van der Waals surface area contributed by atoms with Gasteiger partial charge in [-0.25, -0.2) is 10.2 Å². The molecule has 0 bridgehead atoms. The summed E-state index contributed by atoms with van der Waals surface area (Å²) in [5.74, 6) is -0.276. The van der Waals surface area contributed by atoms with Crippen LogP contribution in [0.25, 0.3) is 0 Å². The van der Waals surface area contributed by atoms with Gasteiger partial charge in [-0.05, 0) is 19.1 Å². The first-order chi connectivity index (χ1) is 10.9. The molecule has 0 radical (unpaired) electrons. The number of amides is 3. The zero-order chi connectivity index (χ0) is 16.9. The van der Waals surface area contributed by atoms with Crippen LogP contribution in [0.3, 0.4) is 0 Å². The van der Waals surface area contributed by atoms with Gasteiger partial charge in [-0.2, -0.15) is 5.10 Å². The van der Waals surface area contributed by atoms with E-state index in [1.54, 1.807) is 19.1 Å². The number of nitrogens with zero attached hydrogens (tertiary/aromatic N) is 2. The number of carbonyl (C=O) groups excluding carboxylic acids is 2. The third-order valence-corrected chi connectivity index (χ3v) is 3.31. The van der Waals surface area contributed by atoms with Crippen molar-refractivity contribution in [3.8, 4) is 0 Å². The number of hydrogen-bond donors (Lipinski definition) is 3. The first-order valence-corrected chi connectivity index (χ1v) is 7.37. The third kappa shape index (κ3) is 4.91. The molecule has 3 N–H and O–H groups in total. The summed E-state index contributed by atoms with van der Waals surface area (Å²) in [6.07, 6.45) is 0. The zero-order valence-electron chi connectivity index (χ0n) is 13.5. The van der Waals surface area contributed by atoms with Crippen LogP contribution in [0.4, 0.5) is 10.5 Å². The number of rotatable bonds is 3. The second kappa shape index (κ2) is 7.04. The molecule has 0 saturated heterocycles. The summed E-state index contributed by atoms with van der Waals surface area (Å²) in [6.45, 7) is 6.76. The molecular weight excluding hydrogens is 294 g/mol. The molecule has 0 atom stereocenters. The van der Waals surface area contributed by atoms with E-state index in [4.69, 9.17) is 0 Å². The molecule has 0 aromatic heterocycles. The fourth-order valence-electron chi connectivity index (χ4n) is 1.97. The Labute approximate surface area is 135 Å². The number of carbonyl (C=O) groups is 2. The van der Waals surface area contributed by atoms with Gasteiger partial charge < -0.3 is 10.6 Å². The fourth-order valence-corrected chi connectivity index (χ4v) is 1.97. The first kappa shape index (κ1) is 16.7. The van der Waals surface area contributed by atoms with Gasteiger partial charge in [-0.3, -0.25) is 9.79 Å². The molecule has 1 heterocycles. The molecule has 0 saturated carbocycles. The third-order valence-electron chi connectivity index (χ3n) is 3.31. The van der Waals surface area contributed by atoms with E-state index in [-0.39, 0.29) is 17.0 Å². The standard InChI is InChI=1S/C16H21N5O2/c1-11(13-14(22)18-10-16(2,3)9-17-13)20-21-15(23)19-12-7-5-4-6-8-12/h4-8H,9-10H2,1-3H3,(H,18,22)(H2,19,21,23)/b20-11-. The normalized spacial score (nSPS) is 17.6. The van der Waals surface area contributed by atoms with Gasteiger partial charge in [0.25, 0.3) is 5.91 Å². The number of hydrazone groups is 1. The highest BCUT2D eigenvalue weighted by molar-refractivity contribution is 6.66. The summed E-state index contributed by atoms with van der Waals surface area (Å²) in [7, 11) is 0. The number of urea groups is 1. The molecule has 7 nitrogen and oxygen atoms in total. The summed E-state index contributed by atoms with van der Waals surface area (Å²) in [6, 6.07) is 8.54. The number of aliphatic imine (C=N–C) groups is 1. The number of nitrogens with one attached hydrogen (secondary N) is 3. The van der Waals surface area contributed by atoms with Crippen LogP contribution in [0, 0.1) is 5.41 Å². The molecule has 2 rings (SSSR count). The quantitative estimate of drug-likeness (QED) is 0.585. The molecule has 3 amide bonds. The monoisotopic (exact) mass is 315 g/mol. The molecule has 23 heavy (non-hydrogen) atoms. The van der Waals surface area contributed by atoms with Crippen molar-refractivity contribution < 1.29 is 9.59 Å². The van der Waals surface area contributed by atoms with Crippen molar-refractivity contribution in [3.63, 3.8) is 0 Å². The minimum Gasteiger partial charge on any atom is -0.350 e. The van der Waals surface area contributed by atoms with Crippen LogP contribution < -0.4 is 16.1 Å². The van der Waals surface area contributed by atoms with Gasteiger partial charge in [-0.1, -0.05) is 32.0 Å². The van der Waals surface area contributed by atoms with E-state index in [0.717, 1.165) is 0 Å². The van der Waals surface area contributed by atoms with Crippen LogP contribution in [-0.4, -0.2) is 36.5 Å². The SMILES string of the molecule is C/C(=N/NC(=O)Nc1ccccc1)C1=NCC(C)(C)CNC1=O. The van der Waals surface area contributed by atoms with Gasteiger partial charge in [0.15, 0.2) is 0 Å². The van der Waals surface area contributed by atoms with Crippen LogP contribution in [0.5, 0.6) is 0 Å². The average molecular weight is 315 g/mol. The van der Waals surface area contributed by atoms with Crippen molar-refractivity contribution in [3.05, 3.63) is 30.3 Å². The maximum Gasteiger partial charge on any atom is 0.339 e. The lowest BCUT2D eigenvalue weighted by Crippen LogP contribution is -2.38. The molecule has 122 valence electrons. The fraction of sp³-hybridized carbons (Fsp3) is 0.375. The van der Waals surface area contributed by atoms with Crippen LogP contribution >= 0.6 is 0 Å². The Morgan fingerprint density at radius 2 is 2.00 bits per heavy atom. The topological polar surface area (TPSA) is 94.9 Å². The van der Waals surface area contributed by atoms with Crippen LogP contribution in [0.1, 0.15) is 20.8 Å². The van der Waals surface area contributed by atoms with Crippen molar-refractivity contribution in [2.75, 3.05) is 18.4 Å². The number of hydrogen-bond acceptors (Lipinski definition) is 4. The molecule has 1 aliphatic heterocycles. The summed E-state index contributed by atoms with van der Waals surface area (Å²) in [5, 5.41) is 9.40. The lowest BCUT2D eigenvalue weighted by atomic mass is 9.94. The van der Waals surface area contributed by atoms with Gasteiger partial charge in [0.2, 0.25) is 0 Å². The lowest BCUT2D eigenvalue weighted by Gasteiger charge is -2.19. The minimum absolute atomic E-state index is 0.101. The van der Waals surface area contributed by atoms with E-state index in [1.165, 1.54) is 0 Å². The molecule has 0 fully saturated rings. The predicted octanol–water partition coefficient (Wildman–Crippen LogP) is 1.78. The van der Waals surface area contributed by atoms with Crippen molar-refractivity contribution in [2.24, 2.45) is 15.5 Å². The summed E-state index contributed by atoms with van der Waals surface area (Å²) in [4.78, 5) is 28.1. The molecule has 0 unspecified atom stereocenters. The van der Waals surface area contributed by atoms with Gasteiger partial charge in [-0.15, -0.1) is 0 Å². The van der Waals surface area contributed by atoms with Crippen molar-refractivity contribution in [1.82, 2.24) is 10.7 Å². The van der Waals surface area contributed by atoms with Crippen LogP contribution in [-0.2, 0) is 4.79 Å². The Kier molecular flexibility index (Phi) is 5.10. The zero-order valence-corrected chi connectivity index (χ0v) is 13.5. The van der Waals surface area contributed by atoms with Crippen LogP contribution in [0.15, 0.2) is 40.4 Å². The number of para-hydroxylation sites is 1.